The van der Waals surface area contributed by atoms with Crippen LogP contribution in [-0.2, 0) is 0 Å². The highest BCUT2D eigenvalue weighted by molar-refractivity contribution is 6.63. The summed E-state index contributed by atoms with van der Waals surface area (Å²) in [6, 6.07) is 0. The van der Waals surface area contributed by atoms with Crippen LogP contribution in [0.2, 0.25) is 0 Å². The van der Waals surface area contributed by atoms with E-state index in [1.165, 1.54) is 57.8 Å². The molecule has 0 rings (SSSR count). The molecule has 106 valence electrons. The molecule has 0 aromatic carbocycles. The van der Waals surface area contributed by atoms with Crippen molar-refractivity contribution < 1.29 is 5.11 Å². The van der Waals surface area contributed by atoms with Gasteiger partial charge in [-0.2, -0.15) is 0 Å². The maximum absolute atomic E-state index is 8.57. The van der Waals surface area contributed by atoms with Gasteiger partial charge in [0.05, 0.1) is 0 Å². The number of aliphatic hydroxyl groups excluding tert-OH is 1. The Hall–Kier alpha value is 0.830. The van der Waals surface area contributed by atoms with Crippen LogP contribution in [0.3, 0.4) is 0 Å². The largest absolute Gasteiger partial charge is 0.396 e. The Kier molecular flexibility index (Phi) is 22.7. The zero-order valence-electron chi connectivity index (χ0n) is 10.9. The van der Waals surface area contributed by atoms with Gasteiger partial charge in [-0.1, -0.05) is 99.5 Å². The minimum atomic E-state index is -0.750. The van der Waals surface area contributed by atoms with E-state index in [0.29, 0.717) is 6.61 Å². The van der Waals surface area contributed by atoms with Gasteiger partial charge in [0.2, 0.25) is 0 Å². The van der Waals surface area contributed by atoms with Crippen molar-refractivity contribution in [2.24, 2.45) is 0 Å². The number of hydrogen-bond donors (Lipinski definition) is 1. The van der Waals surface area contributed by atoms with Crippen LogP contribution in [0, 0.1) is 0 Å². The van der Waals surface area contributed by atoms with Crippen LogP contribution in [0.4, 0.5) is 0 Å². The van der Waals surface area contributed by atoms with Gasteiger partial charge in [0, 0.05) is 6.61 Å². The molecule has 0 heterocycles. The fraction of sp³-hybridized carbons (Fsp3) is 1.00. The second-order valence-corrected chi connectivity index (χ2v) is 6.13. The minimum Gasteiger partial charge on any atom is -0.396 e. The fourth-order valence-electron chi connectivity index (χ4n) is 1.60. The molecule has 0 aliphatic carbocycles. The van der Waals surface area contributed by atoms with Gasteiger partial charge >= 0.3 is 0 Å². The zero-order chi connectivity index (χ0) is 13.4. The van der Waals surface area contributed by atoms with Crippen LogP contribution < -0.4 is 0 Å². The van der Waals surface area contributed by atoms with Crippen molar-refractivity contribution in [1.29, 1.82) is 0 Å². The lowest BCUT2D eigenvalue weighted by molar-refractivity contribution is 0.282. The molecule has 17 heavy (non-hydrogen) atoms. The number of aliphatic hydroxyl groups is 1. The standard InChI is InChI=1S/C12H26O.CHCl3/c1-2-3-4-5-6-7-8-9-10-11-12-13;2-1(3)4/h13H,2-12H2,1H3;1H. The molecular weight excluding hydrogens is 279 g/mol. The van der Waals surface area contributed by atoms with Crippen LogP contribution in [0.1, 0.15) is 71.1 Å². The summed E-state index contributed by atoms with van der Waals surface area (Å²) in [7, 11) is 0. The molecule has 0 atom stereocenters. The predicted molar refractivity (Wildman–Crippen MR) is 80.3 cm³/mol. The van der Waals surface area contributed by atoms with Crippen molar-refractivity contribution in [3.8, 4) is 0 Å². The van der Waals surface area contributed by atoms with E-state index < -0.39 is 4.30 Å². The lowest BCUT2D eigenvalue weighted by atomic mass is 10.1. The molecule has 0 aliphatic heterocycles. The van der Waals surface area contributed by atoms with Gasteiger partial charge in [-0.25, -0.2) is 0 Å². The summed E-state index contributed by atoms with van der Waals surface area (Å²) >= 11 is 14.4. The number of unbranched alkanes of at least 4 members (excludes halogenated alkanes) is 9. The van der Waals surface area contributed by atoms with Crippen LogP contribution >= 0.6 is 34.8 Å². The Morgan fingerprint density at radius 3 is 1.29 bits per heavy atom. The minimum absolute atomic E-state index is 0.372. The van der Waals surface area contributed by atoms with Crippen LogP contribution in [-0.4, -0.2) is 16.0 Å². The average molecular weight is 306 g/mol. The third kappa shape index (κ3) is 31.6. The third-order valence-corrected chi connectivity index (χ3v) is 2.51. The van der Waals surface area contributed by atoms with E-state index in [4.69, 9.17) is 39.9 Å². The van der Waals surface area contributed by atoms with E-state index in [9.17, 15) is 0 Å². The van der Waals surface area contributed by atoms with Gasteiger partial charge in [0.1, 0.15) is 0 Å². The molecule has 0 saturated carbocycles. The SMILES string of the molecule is CCCCCCCCCCCCO.ClC(Cl)Cl. The Morgan fingerprint density at radius 2 is 1.00 bits per heavy atom. The van der Waals surface area contributed by atoms with E-state index in [1.54, 1.807) is 0 Å². The second-order valence-electron chi connectivity index (χ2n) is 4.15. The predicted octanol–water partition coefficient (Wildman–Crippen LogP) is 5.89. The summed E-state index contributed by atoms with van der Waals surface area (Å²) in [5.74, 6) is 0. The lowest BCUT2D eigenvalue weighted by Gasteiger charge is -2.00. The monoisotopic (exact) mass is 304 g/mol. The first kappa shape index (κ1) is 20.2. The fourth-order valence-corrected chi connectivity index (χ4v) is 1.60. The van der Waals surface area contributed by atoms with E-state index in [2.05, 4.69) is 6.92 Å². The van der Waals surface area contributed by atoms with Crippen molar-refractivity contribution >= 4 is 34.8 Å². The maximum atomic E-state index is 8.57. The highest BCUT2D eigenvalue weighted by atomic mass is 35.6. The van der Waals surface area contributed by atoms with Crippen molar-refractivity contribution in [1.82, 2.24) is 0 Å². The summed E-state index contributed by atoms with van der Waals surface area (Å²) in [4.78, 5) is 0. The first-order chi connectivity index (χ1) is 8.15. The second kappa shape index (κ2) is 19.2. The summed E-state index contributed by atoms with van der Waals surface area (Å²) in [6.07, 6.45) is 13.3. The summed E-state index contributed by atoms with van der Waals surface area (Å²) in [5, 5.41) is 8.57. The molecule has 4 heteroatoms. The van der Waals surface area contributed by atoms with Gasteiger partial charge in [0.15, 0.2) is 4.30 Å². The lowest BCUT2D eigenvalue weighted by Crippen LogP contribution is -1.84. The normalized spacial score (nSPS) is 10.2. The first-order valence-corrected chi connectivity index (χ1v) is 7.99. The highest BCUT2D eigenvalue weighted by Crippen LogP contribution is 2.10. The smallest absolute Gasteiger partial charge is 0.180 e. The average Bonchev–Trinajstić information content (AvgIpc) is 2.26. The molecule has 0 aromatic heterocycles. The molecular formula is C13H27Cl3O. The molecule has 0 aliphatic rings. The molecule has 0 bridgehead atoms. The molecule has 1 nitrogen and oxygen atoms in total. The van der Waals surface area contributed by atoms with Gasteiger partial charge in [-0.05, 0) is 6.42 Å². The van der Waals surface area contributed by atoms with E-state index in [1.807, 2.05) is 0 Å². The Balaban J connectivity index is 0. The number of hydrogen-bond acceptors (Lipinski definition) is 1. The van der Waals surface area contributed by atoms with Crippen molar-refractivity contribution in [3.05, 3.63) is 0 Å². The molecule has 0 fully saturated rings. The topological polar surface area (TPSA) is 20.2 Å². The van der Waals surface area contributed by atoms with Crippen molar-refractivity contribution in [2.75, 3.05) is 6.61 Å². The Labute approximate surface area is 122 Å². The number of alkyl halides is 3. The molecule has 0 aromatic rings. The number of rotatable bonds is 10. The molecule has 1 N–H and O–H groups in total. The van der Waals surface area contributed by atoms with Gasteiger partial charge in [0.25, 0.3) is 0 Å². The zero-order valence-corrected chi connectivity index (χ0v) is 13.2. The summed E-state index contributed by atoms with van der Waals surface area (Å²) in [6.45, 7) is 2.63. The van der Waals surface area contributed by atoms with Crippen LogP contribution in [0.25, 0.3) is 0 Å². The van der Waals surface area contributed by atoms with Crippen molar-refractivity contribution in [3.63, 3.8) is 0 Å². The van der Waals surface area contributed by atoms with Crippen LogP contribution in [0.5, 0.6) is 0 Å². The van der Waals surface area contributed by atoms with Crippen LogP contribution in [0.15, 0.2) is 0 Å². The molecule has 0 unspecified atom stereocenters. The summed E-state index contributed by atoms with van der Waals surface area (Å²) in [5.41, 5.74) is 0. The van der Waals surface area contributed by atoms with Gasteiger partial charge < -0.3 is 5.11 Å². The van der Waals surface area contributed by atoms with E-state index in [0.717, 1.165) is 6.42 Å². The molecule has 0 saturated heterocycles. The maximum Gasteiger partial charge on any atom is 0.180 e. The molecule has 0 spiro atoms. The summed E-state index contributed by atoms with van der Waals surface area (Å²) < 4.78 is -0.750. The Morgan fingerprint density at radius 1 is 0.706 bits per heavy atom. The molecule has 0 amide bonds. The quantitative estimate of drug-likeness (QED) is 0.394. The van der Waals surface area contributed by atoms with Gasteiger partial charge in [-0.3, -0.25) is 0 Å². The van der Waals surface area contributed by atoms with E-state index >= 15 is 0 Å². The first-order valence-electron chi connectivity index (χ1n) is 6.68. The third-order valence-electron chi connectivity index (χ3n) is 2.51. The van der Waals surface area contributed by atoms with Gasteiger partial charge in [-0.15, -0.1) is 0 Å². The highest BCUT2D eigenvalue weighted by Gasteiger charge is 1.91. The number of halogens is 3. The molecule has 0 radical (unpaired) electrons. The Bertz CT molecular complexity index is 108. The van der Waals surface area contributed by atoms with E-state index in [-0.39, 0.29) is 0 Å². The van der Waals surface area contributed by atoms with Crippen molar-refractivity contribution in [2.45, 2.75) is 75.4 Å².